The molecule has 1 N–H and O–H groups in total. The number of aryl methyl sites for hydroxylation is 1. The van der Waals surface area contributed by atoms with E-state index >= 15 is 0 Å². The molecule has 0 saturated heterocycles. The van der Waals surface area contributed by atoms with E-state index in [1.807, 2.05) is 13.8 Å². The monoisotopic (exact) mass is 395 g/mol. The van der Waals surface area contributed by atoms with Gasteiger partial charge in [-0.1, -0.05) is 36.7 Å². The van der Waals surface area contributed by atoms with Crippen LogP contribution in [-0.4, -0.2) is 41.5 Å². The third-order valence-electron chi connectivity index (χ3n) is 3.96. The second-order valence-corrected chi connectivity index (χ2v) is 6.54. The summed E-state index contributed by atoms with van der Waals surface area (Å²) in [5.74, 6) is -1.06. The molecule has 0 radical (unpaired) electrons. The lowest BCUT2D eigenvalue weighted by molar-refractivity contribution is -0.121. The molecule has 27 heavy (non-hydrogen) atoms. The maximum Gasteiger partial charge on any atom is 0.260 e. The molecule has 0 atom stereocenters. The van der Waals surface area contributed by atoms with Crippen LogP contribution < -0.4 is 5.32 Å². The Morgan fingerprint density at radius 3 is 2.67 bits per heavy atom. The molecule has 0 aliphatic rings. The zero-order valence-corrected chi connectivity index (χ0v) is 16.4. The molecule has 0 bridgehead atoms. The van der Waals surface area contributed by atoms with Gasteiger partial charge < -0.3 is 14.7 Å². The lowest BCUT2D eigenvalue weighted by Gasteiger charge is -2.21. The molecule has 0 aliphatic carbocycles. The number of hydrogen-bond donors (Lipinski definition) is 1. The minimum atomic E-state index is -0.604. The quantitative estimate of drug-likeness (QED) is 0.737. The Kier molecular flexibility index (Phi) is 7.36. The number of nitrogens with one attached hydrogen (secondary N) is 1. The van der Waals surface area contributed by atoms with Gasteiger partial charge in [-0.2, -0.15) is 0 Å². The third kappa shape index (κ3) is 4.86. The van der Waals surface area contributed by atoms with Gasteiger partial charge in [-0.05, 0) is 31.9 Å². The second-order valence-electron chi connectivity index (χ2n) is 6.14. The first-order chi connectivity index (χ1) is 12.9. The summed E-state index contributed by atoms with van der Waals surface area (Å²) in [6.07, 6.45) is 1.46. The van der Waals surface area contributed by atoms with Crippen molar-refractivity contribution in [3.05, 3.63) is 40.4 Å². The lowest BCUT2D eigenvalue weighted by Crippen LogP contribution is -2.41. The zero-order chi connectivity index (χ0) is 20.0. The fourth-order valence-corrected chi connectivity index (χ4v) is 2.95. The highest BCUT2D eigenvalue weighted by Gasteiger charge is 2.29. The van der Waals surface area contributed by atoms with Gasteiger partial charge in [-0.15, -0.1) is 0 Å². The topological polar surface area (TPSA) is 75.4 Å². The molecule has 1 aromatic heterocycles. The summed E-state index contributed by atoms with van der Waals surface area (Å²) < 4.78 is 19.5. The molecular formula is C19H23ClFN3O3. The Bertz CT molecular complexity index is 802. The highest BCUT2D eigenvalue weighted by Crippen LogP contribution is 2.34. The van der Waals surface area contributed by atoms with E-state index in [9.17, 15) is 14.0 Å². The van der Waals surface area contributed by atoms with E-state index < -0.39 is 11.7 Å². The first-order valence-corrected chi connectivity index (χ1v) is 9.25. The minimum absolute atomic E-state index is 0.00579. The van der Waals surface area contributed by atoms with Crippen molar-refractivity contribution in [3.63, 3.8) is 0 Å². The molecule has 1 aromatic carbocycles. The van der Waals surface area contributed by atoms with Crippen molar-refractivity contribution in [2.75, 3.05) is 19.6 Å². The van der Waals surface area contributed by atoms with Crippen molar-refractivity contribution in [2.24, 2.45) is 0 Å². The molecule has 1 heterocycles. The number of carbonyl (C=O) groups excluding carboxylic acids is 2. The van der Waals surface area contributed by atoms with Crippen LogP contribution in [0.25, 0.3) is 11.3 Å². The van der Waals surface area contributed by atoms with Crippen LogP contribution in [0.4, 0.5) is 4.39 Å². The molecule has 0 unspecified atom stereocenters. The molecule has 6 nitrogen and oxygen atoms in total. The molecule has 0 fully saturated rings. The molecule has 8 heteroatoms. The highest BCUT2D eigenvalue weighted by molar-refractivity contribution is 6.33. The summed E-state index contributed by atoms with van der Waals surface area (Å²) >= 11 is 6.12. The maximum atomic E-state index is 14.3. The van der Waals surface area contributed by atoms with Gasteiger partial charge >= 0.3 is 0 Å². The number of carbonyl (C=O) groups is 2. The van der Waals surface area contributed by atoms with E-state index in [0.29, 0.717) is 19.5 Å². The van der Waals surface area contributed by atoms with Crippen molar-refractivity contribution >= 4 is 23.4 Å². The fourth-order valence-electron chi connectivity index (χ4n) is 2.69. The van der Waals surface area contributed by atoms with Crippen molar-refractivity contribution in [2.45, 2.75) is 33.6 Å². The van der Waals surface area contributed by atoms with Crippen molar-refractivity contribution in [1.29, 1.82) is 0 Å². The zero-order valence-electron chi connectivity index (χ0n) is 15.6. The van der Waals surface area contributed by atoms with Gasteiger partial charge in [0.15, 0.2) is 0 Å². The van der Waals surface area contributed by atoms with Crippen LogP contribution in [0, 0.1) is 12.7 Å². The second kappa shape index (κ2) is 9.50. The summed E-state index contributed by atoms with van der Waals surface area (Å²) in [7, 11) is 0. The largest absolute Gasteiger partial charge is 0.360 e. The Morgan fingerprint density at radius 2 is 2.04 bits per heavy atom. The number of amides is 2. The Hall–Kier alpha value is -2.41. The number of benzene rings is 1. The van der Waals surface area contributed by atoms with Crippen LogP contribution in [0.2, 0.25) is 5.02 Å². The van der Waals surface area contributed by atoms with E-state index in [0.717, 1.165) is 6.42 Å². The van der Waals surface area contributed by atoms with Gasteiger partial charge in [0, 0.05) is 13.1 Å². The van der Waals surface area contributed by atoms with Gasteiger partial charge in [0.05, 0.1) is 17.1 Å². The Balaban J connectivity index is 2.39. The molecule has 0 spiro atoms. The van der Waals surface area contributed by atoms with Crippen LogP contribution in [0.1, 0.15) is 42.8 Å². The van der Waals surface area contributed by atoms with Crippen LogP contribution in [-0.2, 0) is 4.79 Å². The highest BCUT2D eigenvalue weighted by atomic mass is 35.5. The van der Waals surface area contributed by atoms with Crippen molar-refractivity contribution in [3.8, 4) is 11.3 Å². The molecule has 146 valence electrons. The lowest BCUT2D eigenvalue weighted by atomic mass is 10.0. The van der Waals surface area contributed by atoms with Crippen LogP contribution in [0.5, 0.6) is 0 Å². The van der Waals surface area contributed by atoms with Crippen LogP contribution >= 0.6 is 11.6 Å². The molecule has 2 amide bonds. The summed E-state index contributed by atoms with van der Waals surface area (Å²) in [4.78, 5) is 26.6. The third-order valence-corrected chi connectivity index (χ3v) is 4.28. The number of halogens is 2. The standard InChI is InChI=1S/C19H23ClFN3O3/c1-4-9-22-15(25)11-24(10-5-2)19(26)16-12(3)27-23-18(16)17-13(20)7-6-8-14(17)21/h6-8H,4-5,9-11H2,1-3H3,(H,22,25). The molecule has 0 aliphatic heterocycles. The molecule has 0 saturated carbocycles. The van der Waals surface area contributed by atoms with Crippen LogP contribution in [0.3, 0.4) is 0 Å². The van der Waals surface area contributed by atoms with Crippen molar-refractivity contribution in [1.82, 2.24) is 15.4 Å². The van der Waals surface area contributed by atoms with E-state index in [2.05, 4.69) is 10.5 Å². The number of aromatic nitrogens is 1. The van der Waals surface area contributed by atoms with Crippen LogP contribution in [0.15, 0.2) is 22.7 Å². The van der Waals surface area contributed by atoms with Gasteiger partial charge in [0.1, 0.15) is 22.8 Å². The van der Waals surface area contributed by atoms with Gasteiger partial charge in [-0.3, -0.25) is 9.59 Å². The molecule has 2 rings (SSSR count). The maximum absolute atomic E-state index is 14.3. The fraction of sp³-hybridized carbons (Fsp3) is 0.421. The Morgan fingerprint density at radius 1 is 1.30 bits per heavy atom. The SMILES string of the molecule is CCCNC(=O)CN(CCC)C(=O)c1c(-c2c(F)cccc2Cl)noc1C. The van der Waals surface area contributed by atoms with E-state index in [4.69, 9.17) is 16.1 Å². The first kappa shape index (κ1) is 20.9. The summed E-state index contributed by atoms with van der Waals surface area (Å²) in [5, 5.41) is 6.73. The van der Waals surface area contributed by atoms with Crippen molar-refractivity contribution < 1.29 is 18.5 Å². The number of nitrogens with zero attached hydrogens (tertiary/aromatic N) is 2. The predicted octanol–water partition coefficient (Wildman–Crippen LogP) is 3.82. The smallest absolute Gasteiger partial charge is 0.260 e. The van der Waals surface area contributed by atoms with Gasteiger partial charge in [0.25, 0.3) is 5.91 Å². The summed E-state index contributed by atoms with van der Waals surface area (Å²) in [6.45, 7) is 6.23. The molecular weight excluding hydrogens is 373 g/mol. The summed E-state index contributed by atoms with van der Waals surface area (Å²) in [5.41, 5.74) is 0.153. The summed E-state index contributed by atoms with van der Waals surface area (Å²) in [6, 6.07) is 4.22. The van der Waals surface area contributed by atoms with E-state index in [1.165, 1.54) is 23.1 Å². The van der Waals surface area contributed by atoms with Gasteiger partial charge in [-0.25, -0.2) is 4.39 Å². The number of rotatable bonds is 8. The predicted molar refractivity (Wildman–Crippen MR) is 101 cm³/mol. The normalized spacial score (nSPS) is 10.7. The Labute approximate surface area is 162 Å². The number of hydrogen-bond acceptors (Lipinski definition) is 4. The van der Waals surface area contributed by atoms with E-state index in [1.54, 1.807) is 6.92 Å². The average molecular weight is 396 g/mol. The van der Waals surface area contributed by atoms with E-state index in [-0.39, 0.29) is 40.1 Å². The first-order valence-electron chi connectivity index (χ1n) is 8.87. The van der Waals surface area contributed by atoms with Gasteiger partial charge in [0.2, 0.25) is 5.91 Å². The molecule has 2 aromatic rings. The average Bonchev–Trinajstić information content (AvgIpc) is 3.00. The minimum Gasteiger partial charge on any atom is -0.360 e.